The minimum atomic E-state index is -0.235. The number of benzene rings is 2. The van der Waals surface area contributed by atoms with E-state index in [2.05, 4.69) is 36.3 Å². The van der Waals surface area contributed by atoms with Crippen molar-refractivity contribution in [3.8, 4) is 28.7 Å². The monoisotopic (exact) mass is 579 g/mol. The molecule has 1 aliphatic heterocycles. The van der Waals surface area contributed by atoms with Crippen molar-refractivity contribution in [2.24, 2.45) is 0 Å². The van der Waals surface area contributed by atoms with Crippen LogP contribution in [0.15, 0.2) is 61.4 Å². The molecule has 220 valence electrons. The fraction of sp³-hybridized carbons (Fsp3) is 0.355. The van der Waals surface area contributed by atoms with Crippen LogP contribution in [-0.4, -0.2) is 85.9 Å². The normalized spacial score (nSPS) is 15.9. The molecule has 2 aromatic carbocycles. The maximum Gasteiger partial charge on any atom is 0.254 e. The summed E-state index contributed by atoms with van der Waals surface area (Å²) in [7, 11) is 1.57. The molecule has 12 nitrogen and oxygen atoms in total. The van der Waals surface area contributed by atoms with Gasteiger partial charge in [-0.05, 0) is 55.7 Å². The third kappa shape index (κ3) is 6.57. The van der Waals surface area contributed by atoms with E-state index in [1.54, 1.807) is 48.7 Å². The average Bonchev–Trinajstić information content (AvgIpc) is 3.77. The Morgan fingerprint density at radius 3 is 2.53 bits per heavy atom. The Kier molecular flexibility index (Phi) is 8.15. The van der Waals surface area contributed by atoms with Crippen molar-refractivity contribution in [2.75, 3.05) is 38.6 Å². The zero-order valence-electron chi connectivity index (χ0n) is 24.2. The van der Waals surface area contributed by atoms with Gasteiger partial charge >= 0.3 is 0 Å². The van der Waals surface area contributed by atoms with Crippen molar-refractivity contribution in [1.82, 2.24) is 34.5 Å². The average molecular weight is 580 g/mol. The third-order valence-electron chi connectivity index (χ3n) is 7.69. The highest BCUT2D eigenvalue weighted by molar-refractivity contribution is 5.95. The number of aromatic nitrogens is 5. The first-order valence-corrected chi connectivity index (χ1v) is 14.3. The zero-order valence-corrected chi connectivity index (χ0v) is 24.2. The number of hydrogen-bond donors (Lipinski definition) is 1. The van der Waals surface area contributed by atoms with Gasteiger partial charge in [0.05, 0.1) is 24.9 Å². The molecule has 1 aliphatic carbocycles. The highest BCUT2D eigenvalue weighted by atomic mass is 16.5. The lowest BCUT2D eigenvalue weighted by Gasteiger charge is -2.35. The first kappa shape index (κ1) is 28.1. The van der Waals surface area contributed by atoms with Crippen LogP contribution < -0.4 is 14.8 Å². The minimum Gasteiger partial charge on any atom is -0.495 e. The second kappa shape index (κ2) is 12.5. The number of amides is 1. The SMILES string of the molecule is COc1cc(C(=O)N2CCN(C3CC3)CC2)ccc1Nc1ncc(-c2ccc(C#N)c(OC(C)Cn3cncn3)c2)cn1. The Bertz CT molecular complexity index is 1610. The van der Waals surface area contributed by atoms with Crippen LogP contribution >= 0.6 is 0 Å². The van der Waals surface area contributed by atoms with Crippen LogP contribution in [0.4, 0.5) is 11.6 Å². The Morgan fingerprint density at radius 2 is 1.86 bits per heavy atom. The highest BCUT2D eigenvalue weighted by Crippen LogP contribution is 2.31. The lowest BCUT2D eigenvalue weighted by molar-refractivity contribution is 0.0627. The number of rotatable bonds is 10. The molecule has 6 rings (SSSR count). The maximum atomic E-state index is 13.2. The van der Waals surface area contributed by atoms with Gasteiger partial charge in [0.1, 0.15) is 36.3 Å². The maximum absolute atomic E-state index is 13.2. The number of carbonyl (C=O) groups excluding carboxylic acids is 1. The van der Waals surface area contributed by atoms with Crippen molar-refractivity contribution in [3.63, 3.8) is 0 Å². The predicted molar refractivity (Wildman–Crippen MR) is 159 cm³/mol. The van der Waals surface area contributed by atoms with Gasteiger partial charge in [-0.3, -0.25) is 9.69 Å². The molecule has 1 saturated heterocycles. The zero-order chi connectivity index (χ0) is 29.8. The van der Waals surface area contributed by atoms with E-state index in [0.717, 1.165) is 43.3 Å². The fourth-order valence-electron chi connectivity index (χ4n) is 5.24. The molecule has 1 unspecified atom stereocenters. The fourth-order valence-corrected chi connectivity index (χ4v) is 5.24. The van der Waals surface area contributed by atoms with Crippen LogP contribution in [0.5, 0.6) is 11.5 Å². The Hall–Kier alpha value is -5.02. The molecule has 1 amide bonds. The number of methoxy groups -OCH3 is 1. The number of carbonyl (C=O) groups is 1. The minimum absolute atomic E-state index is 0.0134. The van der Waals surface area contributed by atoms with Gasteiger partial charge < -0.3 is 19.7 Å². The van der Waals surface area contributed by atoms with E-state index in [4.69, 9.17) is 9.47 Å². The summed E-state index contributed by atoms with van der Waals surface area (Å²) in [6.07, 6.45) is 8.82. The molecule has 1 saturated carbocycles. The van der Waals surface area contributed by atoms with Crippen molar-refractivity contribution in [3.05, 3.63) is 72.6 Å². The summed E-state index contributed by atoms with van der Waals surface area (Å²) in [4.78, 5) is 30.5. The topological polar surface area (TPSA) is 134 Å². The van der Waals surface area contributed by atoms with Gasteiger partial charge in [0.15, 0.2) is 0 Å². The van der Waals surface area contributed by atoms with Crippen LogP contribution in [0.1, 0.15) is 35.7 Å². The number of nitrogens with zero attached hydrogens (tertiary/aromatic N) is 8. The summed E-state index contributed by atoms with van der Waals surface area (Å²) in [5, 5.41) is 16.9. The largest absolute Gasteiger partial charge is 0.495 e. The molecule has 0 spiro atoms. The van der Waals surface area contributed by atoms with Crippen molar-refractivity contribution in [1.29, 1.82) is 5.26 Å². The second-order valence-electron chi connectivity index (χ2n) is 10.8. The summed E-state index contributed by atoms with van der Waals surface area (Å²) in [6, 6.07) is 13.7. The molecule has 1 atom stereocenters. The van der Waals surface area contributed by atoms with E-state index in [9.17, 15) is 10.1 Å². The number of nitrogens with one attached hydrogen (secondary N) is 1. The van der Waals surface area contributed by atoms with E-state index in [-0.39, 0.29) is 12.0 Å². The molecule has 3 heterocycles. The summed E-state index contributed by atoms with van der Waals surface area (Å²) in [5.41, 5.74) is 3.25. The van der Waals surface area contributed by atoms with Gasteiger partial charge in [-0.2, -0.15) is 10.4 Å². The molecular weight excluding hydrogens is 546 g/mol. The van der Waals surface area contributed by atoms with Crippen LogP contribution in [0.25, 0.3) is 11.1 Å². The van der Waals surface area contributed by atoms with Gasteiger partial charge in [0, 0.05) is 55.7 Å². The Labute approximate surface area is 249 Å². The molecule has 0 radical (unpaired) electrons. The third-order valence-corrected chi connectivity index (χ3v) is 7.69. The number of nitriles is 1. The first-order valence-electron chi connectivity index (χ1n) is 14.3. The predicted octanol–water partition coefficient (Wildman–Crippen LogP) is 3.75. The van der Waals surface area contributed by atoms with Crippen molar-refractivity contribution >= 4 is 17.5 Å². The molecule has 0 bridgehead atoms. The van der Waals surface area contributed by atoms with E-state index < -0.39 is 0 Å². The van der Waals surface area contributed by atoms with E-state index in [1.807, 2.05) is 30.0 Å². The molecule has 12 heteroatoms. The highest BCUT2D eigenvalue weighted by Gasteiger charge is 2.32. The lowest BCUT2D eigenvalue weighted by Crippen LogP contribution is -2.49. The molecule has 2 aliphatic rings. The van der Waals surface area contributed by atoms with E-state index in [1.165, 1.54) is 19.2 Å². The van der Waals surface area contributed by atoms with Gasteiger partial charge in [-0.15, -0.1) is 0 Å². The van der Waals surface area contributed by atoms with Crippen molar-refractivity contribution in [2.45, 2.75) is 38.5 Å². The first-order chi connectivity index (χ1) is 21.0. The van der Waals surface area contributed by atoms with Crippen LogP contribution in [-0.2, 0) is 6.54 Å². The smallest absolute Gasteiger partial charge is 0.254 e. The van der Waals surface area contributed by atoms with E-state index >= 15 is 0 Å². The standard InChI is InChI=1S/C31H33N9O3/c1-21(18-40-20-33-19-36-40)43-28-13-22(3-4-24(28)15-32)25-16-34-31(35-17-25)37-27-8-5-23(14-29(27)42-2)30(41)39-11-9-38(10-12-39)26-6-7-26/h3-5,8,13-14,16-17,19-21,26H,6-7,9-12,18H2,1-2H3,(H,34,35,37). The summed E-state index contributed by atoms with van der Waals surface area (Å²) >= 11 is 0. The Balaban J connectivity index is 1.11. The second-order valence-corrected chi connectivity index (χ2v) is 10.8. The van der Waals surface area contributed by atoms with Crippen molar-refractivity contribution < 1.29 is 14.3 Å². The molecule has 2 fully saturated rings. The number of anilines is 2. The van der Waals surface area contributed by atoms with Gasteiger partial charge in [-0.25, -0.2) is 19.6 Å². The molecule has 2 aromatic heterocycles. The Morgan fingerprint density at radius 1 is 1.07 bits per heavy atom. The molecule has 43 heavy (non-hydrogen) atoms. The van der Waals surface area contributed by atoms with Crippen LogP contribution in [0.3, 0.4) is 0 Å². The summed E-state index contributed by atoms with van der Waals surface area (Å²) in [6.45, 7) is 5.75. The van der Waals surface area contributed by atoms with Gasteiger partial charge in [-0.1, -0.05) is 6.07 Å². The number of hydrogen-bond acceptors (Lipinski definition) is 10. The van der Waals surface area contributed by atoms with Crippen LogP contribution in [0.2, 0.25) is 0 Å². The summed E-state index contributed by atoms with van der Waals surface area (Å²) in [5.74, 6) is 1.39. The molecule has 4 aromatic rings. The molecular formula is C31H33N9O3. The lowest BCUT2D eigenvalue weighted by atomic mass is 10.1. The number of piperazine rings is 1. The van der Waals surface area contributed by atoms with Gasteiger partial charge in [0.25, 0.3) is 5.91 Å². The van der Waals surface area contributed by atoms with Gasteiger partial charge in [0.2, 0.25) is 5.95 Å². The summed E-state index contributed by atoms with van der Waals surface area (Å²) < 4.78 is 13.4. The number of ether oxygens (including phenoxy) is 2. The molecule has 1 N–H and O–H groups in total. The van der Waals surface area contributed by atoms with E-state index in [0.29, 0.717) is 40.8 Å². The quantitative estimate of drug-likeness (QED) is 0.296. The van der Waals surface area contributed by atoms with Crippen LogP contribution in [0, 0.1) is 11.3 Å².